The van der Waals surface area contributed by atoms with E-state index in [1.165, 1.54) is 19.1 Å². The van der Waals surface area contributed by atoms with Gasteiger partial charge in [-0.25, -0.2) is 4.39 Å². The molecular weight excluding hydrogens is 313 g/mol. The van der Waals surface area contributed by atoms with E-state index in [0.717, 1.165) is 6.07 Å². The minimum atomic E-state index is -1.75. The van der Waals surface area contributed by atoms with Crippen LogP contribution in [0.3, 0.4) is 0 Å². The fraction of sp³-hybridized carbons (Fsp3) is 0.556. The summed E-state index contributed by atoms with van der Waals surface area (Å²) in [5, 5.41) is 0. The highest BCUT2D eigenvalue weighted by molar-refractivity contribution is 6.06. The first-order valence-electron chi connectivity index (χ1n) is 7.99. The summed E-state index contributed by atoms with van der Waals surface area (Å²) >= 11 is 0. The third-order valence-electron chi connectivity index (χ3n) is 3.49. The van der Waals surface area contributed by atoms with E-state index in [0.29, 0.717) is 0 Å². The SMILES string of the molecule is CC(C)COC(=O)C(C)(C(=O)OCC(C)C)c1ccc(N)c(F)c1. The first-order valence-corrected chi connectivity index (χ1v) is 7.99. The highest BCUT2D eigenvalue weighted by Crippen LogP contribution is 2.30. The maximum atomic E-state index is 13.8. The third-order valence-corrected chi connectivity index (χ3v) is 3.49. The number of nitrogens with two attached hydrogens (primary N) is 1. The Kier molecular flexibility index (Phi) is 6.75. The second kappa shape index (κ2) is 8.13. The van der Waals surface area contributed by atoms with Crippen LogP contribution in [0.5, 0.6) is 0 Å². The molecular formula is C18H26FNO4. The van der Waals surface area contributed by atoms with Gasteiger partial charge in [-0.15, -0.1) is 0 Å². The van der Waals surface area contributed by atoms with Crippen LogP contribution in [-0.4, -0.2) is 25.2 Å². The van der Waals surface area contributed by atoms with Gasteiger partial charge in [0.25, 0.3) is 0 Å². The molecule has 2 N–H and O–H groups in total. The predicted octanol–water partition coefficient (Wildman–Crippen LogP) is 3.06. The smallest absolute Gasteiger partial charge is 0.327 e. The second-order valence-electron chi connectivity index (χ2n) is 6.85. The molecule has 5 nitrogen and oxygen atoms in total. The third kappa shape index (κ3) is 4.69. The largest absolute Gasteiger partial charge is 0.464 e. The van der Waals surface area contributed by atoms with Gasteiger partial charge in [0.05, 0.1) is 18.9 Å². The van der Waals surface area contributed by atoms with Crippen LogP contribution in [0.4, 0.5) is 10.1 Å². The van der Waals surface area contributed by atoms with Crippen LogP contribution in [0, 0.1) is 17.7 Å². The molecule has 0 unspecified atom stereocenters. The Morgan fingerprint density at radius 2 is 1.54 bits per heavy atom. The fourth-order valence-corrected chi connectivity index (χ4v) is 1.93. The van der Waals surface area contributed by atoms with E-state index in [-0.39, 0.29) is 36.3 Å². The molecule has 134 valence electrons. The molecule has 0 atom stereocenters. The first-order chi connectivity index (χ1) is 11.1. The van der Waals surface area contributed by atoms with Gasteiger partial charge in [-0.1, -0.05) is 33.8 Å². The van der Waals surface area contributed by atoms with E-state index >= 15 is 0 Å². The van der Waals surface area contributed by atoms with Crippen LogP contribution >= 0.6 is 0 Å². The molecule has 0 radical (unpaired) electrons. The zero-order chi connectivity index (χ0) is 18.5. The second-order valence-corrected chi connectivity index (χ2v) is 6.85. The van der Waals surface area contributed by atoms with E-state index in [9.17, 15) is 14.0 Å². The molecule has 0 saturated carbocycles. The molecule has 1 rings (SSSR count). The van der Waals surface area contributed by atoms with Crippen molar-refractivity contribution in [2.75, 3.05) is 18.9 Å². The van der Waals surface area contributed by atoms with Crippen LogP contribution in [0.25, 0.3) is 0 Å². The van der Waals surface area contributed by atoms with E-state index in [2.05, 4.69) is 0 Å². The maximum Gasteiger partial charge on any atom is 0.327 e. The van der Waals surface area contributed by atoms with Gasteiger partial charge in [-0.2, -0.15) is 0 Å². The molecule has 1 aromatic rings. The Bertz CT molecular complexity index is 575. The lowest BCUT2D eigenvalue weighted by atomic mass is 9.82. The van der Waals surface area contributed by atoms with Gasteiger partial charge in [0.1, 0.15) is 5.82 Å². The van der Waals surface area contributed by atoms with Crippen molar-refractivity contribution in [3.8, 4) is 0 Å². The number of benzene rings is 1. The molecule has 1 aromatic carbocycles. The summed E-state index contributed by atoms with van der Waals surface area (Å²) in [7, 11) is 0. The van der Waals surface area contributed by atoms with Crippen molar-refractivity contribution in [1.29, 1.82) is 0 Å². The zero-order valence-corrected chi connectivity index (χ0v) is 14.9. The van der Waals surface area contributed by atoms with Crippen LogP contribution in [0.1, 0.15) is 40.2 Å². The molecule has 0 fully saturated rings. The van der Waals surface area contributed by atoms with E-state index < -0.39 is 23.2 Å². The minimum absolute atomic E-state index is 0.0628. The van der Waals surface area contributed by atoms with Crippen LogP contribution in [-0.2, 0) is 24.5 Å². The topological polar surface area (TPSA) is 78.6 Å². The molecule has 0 spiro atoms. The fourth-order valence-electron chi connectivity index (χ4n) is 1.93. The highest BCUT2D eigenvalue weighted by Gasteiger charge is 2.46. The Labute approximate surface area is 142 Å². The van der Waals surface area contributed by atoms with Crippen molar-refractivity contribution in [2.45, 2.75) is 40.0 Å². The number of anilines is 1. The summed E-state index contributed by atoms with van der Waals surface area (Å²) < 4.78 is 24.3. The first kappa shape index (κ1) is 19.9. The molecule has 0 aromatic heterocycles. The van der Waals surface area contributed by atoms with Crippen LogP contribution in [0.15, 0.2) is 18.2 Å². The average molecular weight is 339 g/mol. The quantitative estimate of drug-likeness (QED) is 0.469. The summed E-state index contributed by atoms with van der Waals surface area (Å²) in [6.45, 7) is 9.21. The number of rotatable bonds is 7. The number of carbonyl (C=O) groups excluding carboxylic acids is 2. The molecule has 24 heavy (non-hydrogen) atoms. The number of hydrogen-bond acceptors (Lipinski definition) is 5. The normalized spacial score (nSPS) is 11.7. The summed E-state index contributed by atoms with van der Waals surface area (Å²) in [4.78, 5) is 25.2. The van der Waals surface area contributed by atoms with Gasteiger partial charge in [-0.05, 0) is 36.5 Å². The molecule has 0 bridgehead atoms. The Morgan fingerprint density at radius 1 is 1.08 bits per heavy atom. The standard InChI is InChI=1S/C18H26FNO4/c1-11(2)9-23-16(21)18(5,17(22)24-10-12(3)4)13-6-7-15(20)14(19)8-13/h6-8,11-12H,9-10,20H2,1-5H3. The van der Waals surface area contributed by atoms with Gasteiger partial charge < -0.3 is 15.2 Å². The molecule has 0 saturated heterocycles. The summed E-state index contributed by atoms with van der Waals surface area (Å²) in [5.74, 6) is -2.03. The Hall–Kier alpha value is -2.11. The number of carbonyl (C=O) groups is 2. The van der Waals surface area contributed by atoms with Gasteiger partial charge in [-0.3, -0.25) is 9.59 Å². The van der Waals surface area contributed by atoms with Gasteiger partial charge >= 0.3 is 11.9 Å². The van der Waals surface area contributed by atoms with Crippen LogP contribution in [0.2, 0.25) is 0 Å². The number of halogens is 1. The zero-order valence-electron chi connectivity index (χ0n) is 14.9. The lowest BCUT2D eigenvalue weighted by Gasteiger charge is -2.27. The van der Waals surface area contributed by atoms with E-state index in [4.69, 9.17) is 15.2 Å². The molecule has 0 aliphatic heterocycles. The van der Waals surface area contributed by atoms with Crippen molar-refractivity contribution in [3.05, 3.63) is 29.6 Å². The van der Waals surface area contributed by atoms with Gasteiger partial charge in [0, 0.05) is 0 Å². The number of ether oxygens (including phenoxy) is 2. The van der Waals surface area contributed by atoms with Crippen molar-refractivity contribution >= 4 is 17.6 Å². The lowest BCUT2D eigenvalue weighted by Crippen LogP contribution is -2.44. The van der Waals surface area contributed by atoms with Gasteiger partial charge in [0.15, 0.2) is 5.41 Å². The summed E-state index contributed by atoms with van der Waals surface area (Å²) in [6, 6.07) is 3.82. The summed E-state index contributed by atoms with van der Waals surface area (Å²) in [5.41, 5.74) is 3.81. The van der Waals surface area contributed by atoms with Crippen molar-refractivity contribution < 1.29 is 23.5 Å². The number of hydrogen-bond donors (Lipinski definition) is 1. The number of nitrogen functional groups attached to an aromatic ring is 1. The van der Waals surface area contributed by atoms with Crippen molar-refractivity contribution in [1.82, 2.24) is 0 Å². The van der Waals surface area contributed by atoms with E-state index in [1.807, 2.05) is 27.7 Å². The molecule has 0 aliphatic rings. The average Bonchev–Trinajstić information content (AvgIpc) is 2.51. The minimum Gasteiger partial charge on any atom is -0.464 e. The molecule has 0 aliphatic carbocycles. The lowest BCUT2D eigenvalue weighted by molar-refractivity contribution is -0.165. The summed E-state index contributed by atoms with van der Waals surface area (Å²) in [6.07, 6.45) is 0. The van der Waals surface area contributed by atoms with Crippen molar-refractivity contribution in [3.63, 3.8) is 0 Å². The number of esters is 2. The molecule has 6 heteroatoms. The molecule has 0 amide bonds. The highest BCUT2D eigenvalue weighted by atomic mass is 19.1. The van der Waals surface area contributed by atoms with Crippen molar-refractivity contribution in [2.24, 2.45) is 11.8 Å². The van der Waals surface area contributed by atoms with Gasteiger partial charge in [0.2, 0.25) is 0 Å². The van der Waals surface area contributed by atoms with Crippen LogP contribution < -0.4 is 5.73 Å². The van der Waals surface area contributed by atoms with E-state index in [1.54, 1.807) is 0 Å². The maximum absolute atomic E-state index is 13.8. The predicted molar refractivity (Wildman–Crippen MR) is 89.8 cm³/mol. The Morgan fingerprint density at radius 3 is 1.92 bits per heavy atom. The Balaban J connectivity index is 3.20. The molecule has 0 heterocycles. The monoisotopic (exact) mass is 339 g/mol.